The zero-order valence-corrected chi connectivity index (χ0v) is 13.0. The zero-order chi connectivity index (χ0) is 15.1. The smallest absolute Gasteiger partial charge is 0.326 e. The number of carboxylic acids is 1. The van der Waals surface area contributed by atoms with Crippen molar-refractivity contribution in [2.24, 2.45) is 5.92 Å². The summed E-state index contributed by atoms with van der Waals surface area (Å²) >= 11 is 3.29. The van der Waals surface area contributed by atoms with E-state index in [1.165, 1.54) is 0 Å². The summed E-state index contributed by atoms with van der Waals surface area (Å²) in [6.07, 6.45) is 3.67. The third-order valence-corrected chi connectivity index (χ3v) is 2.96. The monoisotopic (exact) mass is 343 g/mol. The molecule has 3 N–H and O–H groups in total. The van der Waals surface area contributed by atoms with E-state index >= 15 is 0 Å². The van der Waals surface area contributed by atoms with Crippen LogP contribution in [0.3, 0.4) is 0 Å². The van der Waals surface area contributed by atoms with Crippen LogP contribution in [0.5, 0.6) is 0 Å². The molecule has 0 saturated carbocycles. The molecule has 2 amide bonds. The van der Waals surface area contributed by atoms with E-state index in [-0.39, 0.29) is 12.5 Å². The summed E-state index contributed by atoms with van der Waals surface area (Å²) in [7, 11) is 0. The second kappa shape index (κ2) is 7.84. The minimum atomic E-state index is -1.03. The van der Waals surface area contributed by atoms with Gasteiger partial charge < -0.3 is 15.7 Å². The predicted molar refractivity (Wildman–Crippen MR) is 78.2 cm³/mol. The summed E-state index contributed by atoms with van der Waals surface area (Å²) in [6.45, 7) is 4.09. The van der Waals surface area contributed by atoms with E-state index in [1.807, 2.05) is 19.9 Å². The first-order chi connectivity index (χ1) is 9.38. The first-order valence-corrected chi connectivity index (χ1v) is 7.04. The van der Waals surface area contributed by atoms with Gasteiger partial charge in [0.2, 0.25) is 0 Å². The Morgan fingerprint density at radius 2 is 2.10 bits per heavy atom. The molecule has 6 nitrogen and oxygen atoms in total. The summed E-state index contributed by atoms with van der Waals surface area (Å²) < 4.78 is 0.820. The van der Waals surface area contributed by atoms with Crippen LogP contribution in [0.15, 0.2) is 22.9 Å². The van der Waals surface area contributed by atoms with Gasteiger partial charge >= 0.3 is 12.0 Å². The zero-order valence-electron chi connectivity index (χ0n) is 11.4. The maximum absolute atomic E-state index is 11.7. The highest BCUT2D eigenvalue weighted by Gasteiger charge is 2.20. The Kier molecular flexibility index (Phi) is 6.44. The molecular weight excluding hydrogens is 326 g/mol. The molecule has 0 aliphatic rings. The van der Waals surface area contributed by atoms with E-state index in [9.17, 15) is 9.59 Å². The normalized spacial score (nSPS) is 12.0. The van der Waals surface area contributed by atoms with E-state index in [0.717, 1.165) is 10.0 Å². The van der Waals surface area contributed by atoms with E-state index in [0.29, 0.717) is 6.42 Å². The number of carbonyl (C=O) groups excluding carboxylic acids is 1. The average molecular weight is 344 g/mol. The quantitative estimate of drug-likeness (QED) is 0.737. The number of carbonyl (C=O) groups is 2. The fourth-order valence-corrected chi connectivity index (χ4v) is 2.05. The minimum absolute atomic E-state index is 0.186. The van der Waals surface area contributed by atoms with Gasteiger partial charge in [0.1, 0.15) is 6.04 Å². The Hall–Kier alpha value is -1.63. The number of hydrogen-bond donors (Lipinski definition) is 3. The van der Waals surface area contributed by atoms with Gasteiger partial charge in [0.05, 0.1) is 0 Å². The molecule has 20 heavy (non-hydrogen) atoms. The lowest BCUT2D eigenvalue weighted by molar-refractivity contribution is -0.139. The summed E-state index contributed by atoms with van der Waals surface area (Å²) in [5.74, 6) is -0.844. The van der Waals surface area contributed by atoms with Crippen LogP contribution in [0.2, 0.25) is 0 Å². The molecule has 1 aromatic heterocycles. The molecule has 1 heterocycles. The fraction of sp³-hybridized carbons (Fsp3) is 0.462. The number of nitrogens with zero attached hydrogens (tertiary/aromatic N) is 1. The predicted octanol–water partition coefficient (Wildman–Crippen LogP) is 2.14. The lowest BCUT2D eigenvalue weighted by Crippen LogP contribution is -2.46. The number of pyridine rings is 1. The summed E-state index contributed by atoms with van der Waals surface area (Å²) in [4.78, 5) is 26.7. The van der Waals surface area contributed by atoms with Crippen molar-refractivity contribution in [1.82, 2.24) is 15.6 Å². The molecule has 0 radical (unpaired) electrons. The molecular formula is C13H18BrN3O3. The SMILES string of the molecule is CC(C)CC(NC(=O)NCc1cncc(Br)c1)C(=O)O. The highest BCUT2D eigenvalue weighted by molar-refractivity contribution is 9.10. The maximum Gasteiger partial charge on any atom is 0.326 e. The van der Waals surface area contributed by atoms with Gasteiger partial charge in [-0.25, -0.2) is 9.59 Å². The van der Waals surface area contributed by atoms with Crippen LogP contribution in [0, 0.1) is 5.92 Å². The first kappa shape index (κ1) is 16.4. The van der Waals surface area contributed by atoms with E-state index in [2.05, 4.69) is 31.5 Å². The number of aromatic nitrogens is 1. The van der Waals surface area contributed by atoms with Gasteiger partial charge in [-0.1, -0.05) is 13.8 Å². The number of rotatable bonds is 6. The Balaban J connectivity index is 2.47. The molecule has 0 bridgehead atoms. The molecule has 1 rings (SSSR count). The molecule has 1 atom stereocenters. The largest absolute Gasteiger partial charge is 0.480 e. The van der Waals surface area contributed by atoms with Crippen LogP contribution in [-0.2, 0) is 11.3 Å². The highest BCUT2D eigenvalue weighted by atomic mass is 79.9. The molecule has 110 valence electrons. The van der Waals surface area contributed by atoms with Crippen LogP contribution in [-0.4, -0.2) is 28.1 Å². The summed E-state index contributed by atoms with van der Waals surface area (Å²) in [6, 6.07) is 0.449. The molecule has 1 aromatic rings. The number of halogens is 1. The van der Waals surface area contributed by atoms with Crippen molar-refractivity contribution in [3.05, 3.63) is 28.5 Å². The van der Waals surface area contributed by atoms with Crippen LogP contribution < -0.4 is 10.6 Å². The van der Waals surface area contributed by atoms with Crippen LogP contribution in [0.4, 0.5) is 4.79 Å². The molecule has 0 spiro atoms. The van der Waals surface area contributed by atoms with Crippen LogP contribution in [0.25, 0.3) is 0 Å². The van der Waals surface area contributed by atoms with Crippen molar-refractivity contribution < 1.29 is 14.7 Å². The number of aliphatic carboxylic acids is 1. The van der Waals surface area contributed by atoms with Crippen molar-refractivity contribution in [2.75, 3.05) is 0 Å². The first-order valence-electron chi connectivity index (χ1n) is 6.25. The molecule has 0 fully saturated rings. The van der Waals surface area contributed by atoms with Crippen molar-refractivity contribution >= 4 is 27.9 Å². The van der Waals surface area contributed by atoms with Crippen molar-refractivity contribution in [3.8, 4) is 0 Å². The van der Waals surface area contributed by atoms with Crippen LogP contribution >= 0.6 is 15.9 Å². The van der Waals surface area contributed by atoms with Gasteiger partial charge in [-0.3, -0.25) is 4.98 Å². The number of urea groups is 1. The number of carboxylic acid groups (broad SMARTS) is 1. The average Bonchev–Trinajstić information content (AvgIpc) is 2.35. The second-order valence-electron chi connectivity index (χ2n) is 4.86. The molecule has 0 aliphatic heterocycles. The lowest BCUT2D eigenvalue weighted by Gasteiger charge is -2.16. The summed E-state index contributed by atoms with van der Waals surface area (Å²) in [5.41, 5.74) is 0.824. The minimum Gasteiger partial charge on any atom is -0.480 e. The Labute approximate surface area is 126 Å². The van der Waals surface area contributed by atoms with Crippen molar-refractivity contribution in [1.29, 1.82) is 0 Å². The molecule has 0 saturated heterocycles. The van der Waals surface area contributed by atoms with E-state index < -0.39 is 18.0 Å². The number of hydrogen-bond acceptors (Lipinski definition) is 3. The molecule has 0 aromatic carbocycles. The fourth-order valence-electron chi connectivity index (χ4n) is 1.64. The van der Waals surface area contributed by atoms with Crippen molar-refractivity contribution in [3.63, 3.8) is 0 Å². The van der Waals surface area contributed by atoms with Gasteiger partial charge in [0, 0.05) is 23.4 Å². The van der Waals surface area contributed by atoms with Gasteiger partial charge in [0.25, 0.3) is 0 Å². The maximum atomic E-state index is 11.7. The Morgan fingerprint density at radius 1 is 1.40 bits per heavy atom. The van der Waals surface area contributed by atoms with E-state index in [4.69, 9.17) is 5.11 Å². The number of nitrogens with one attached hydrogen (secondary N) is 2. The lowest BCUT2D eigenvalue weighted by atomic mass is 10.0. The third kappa shape index (κ3) is 6.01. The number of amides is 2. The van der Waals surface area contributed by atoms with Gasteiger partial charge in [-0.15, -0.1) is 0 Å². The topological polar surface area (TPSA) is 91.3 Å². The molecule has 7 heteroatoms. The second-order valence-corrected chi connectivity index (χ2v) is 5.77. The summed E-state index contributed by atoms with van der Waals surface area (Å²) in [5, 5.41) is 14.1. The van der Waals surface area contributed by atoms with Crippen molar-refractivity contribution in [2.45, 2.75) is 32.9 Å². The highest BCUT2D eigenvalue weighted by Crippen LogP contribution is 2.09. The van der Waals surface area contributed by atoms with Gasteiger partial charge in [0.15, 0.2) is 0 Å². The third-order valence-electron chi connectivity index (χ3n) is 2.53. The molecule has 1 unspecified atom stereocenters. The standard InChI is InChI=1S/C13H18BrN3O3/c1-8(2)3-11(12(18)19)17-13(20)16-6-9-4-10(14)7-15-5-9/h4-5,7-8,11H,3,6H2,1-2H3,(H,18,19)(H2,16,17,20). The Morgan fingerprint density at radius 3 is 2.65 bits per heavy atom. The van der Waals surface area contributed by atoms with Crippen LogP contribution in [0.1, 0.15) is 25.8 Å². The Bertz CT molecular complexity index is 480. The van der Waals surface area contributed by atoms with Gasteiger partial charge in [-0.05, 0) is 39.9 Å². The molecule has 0 aliphatic carbocycles. The van der Waals surface area contributed by atoms with E-state index in [1.54, 1.807) is 12.4 Å². The van der Waals surface area contributed by atoms with Gasteiger partial charge in [-0.2, -0.15) is 0 Å².